The predicted molar refractivity (Wildman–Crippen MR) is 88.4 cm³/mol. The van der Waals surface area contributed by atoms with Gasteiger partial charge in [-0.3, -0.25) is 4.79 Å². The van der Waals surface area contributed by atoms with Crippen LogP contribution in [0.5, 0.6) is 0 Å². The van der Waals surface area contributed by atoms with E-state index in [-0.39, 0.29) is 17.9 Å². The first kappa shape index (κ1) is 17.4. The highest BCUT2D eigenvalue weighted by Gasteiger charge is 2.32. The van der Waals surface area contributed by atoms with Crippen LogP contribution in [0.25, 0.3) is 0 Å². The Bertz CT molecular complexity index is 616. The molecule has 0 saturated carbocycles. The lowest BCUT2D eigenvalue weighted by Crippen LogP contribution is -2.44. The lowest BCUT2D eigenvalue weighted by Gasteiger charge is -2.30. The lowest BCUT2D eigenvalue weighted by atomic mass is 9.97. The summed E-state index contributed by atoms with van der Waals surface area (Å²) in [5.41, 5.74) is 0. The molecule has 1 amide bonds. The molecule has 1 saturated heterocycles. The minimum atomic E-state index is -3.40. The summed E-state index contributed by atoms with van der Waals surface area (Å²) < 4.78 is 27.0. The van der Waals surface area contributed by atoms with Crippen LogP contribution in [0, 0.1) is 12.8 Å². The van der Waals surface area contributed by atoms with Crippen LogP contribution in [0.4, 0.5) is 0 Å². The maximum absolute atomic E-state index is 12.5. The molecule has 5 nitrogen and oxygen atoms in total. The standard InChI is InChI=1S/C15H24N2O3S2/c1-4-11(2)16-15(18)13-7-9-17(10-8-13)22(19,20)14-6-5-12(3)21-14/h5-6,11,13H,4,7-10H2,1-3H3,(H,16,18). The Morgan fingerprint density at radius 2 is 2.05 bits per heavy atom. The SMILES string of the molecule is CCC(C)NC(=O)C1CCN(S(=O)(=O)c2ccc(C)s2)CC1. The fourth-order valence-electron chi connectivity index (χ4n) is 2.50. The summed E-state index contributed by atoms with van der Waals surface area (Å²) in [5.74, 6) is -0.0242. The Hall–Kier alpha value is -0.920. The van der Waals surface area contributed by atoms with Crippen LogP contribution in [0.1, 0.15) is 38.0 Å². The topological polar surface area (TPSA) is 66.5 Å². The van der Waals surface area contributed by atoms with Gasteiger partial charge in [0.2, 0.25) is 5.91 Å². The molecule has 124 valence electrons. The molecule has 7 heteroatoms. The van der Waals surface area contributed by atoms with Crippen LogP contribution in [0.15, 0.2) is 16.3 Å². The van der Waals surface area contributed by atoms with Crippen molar-refractivity contribution in [1.29, 1.82) is 0 Å². The molecular weight excluding hydrogens is 320 g/mol. The molecule has 0 aliphatic carbocycles. The summed E-state index contributed by atoms with van der Waals surface area (Å²) in [6.45, 7) is 6.74. The van der Waals surface area contributed by atoms with E-state index in [9.17, 15) is 13.2 Å². The molecule has 1 aliphatic heterocycles. The van der Waals surface area contributed by atoms with Crippen molar-refractivity contribution in [1.82, 2.24) is 9.62 Å². The fraction of sp³-hybridized carbons (Fsp3) is 0.667. The highest BCUT2D eigenvalue weighted by molar-refractivity contribution is 7.91. The van der Waals surface area contributed by atoms with Crippen molar-refractivity contribution in [2.45, 2.75) is 50.3 Å². The predicted octanol–water partition coefficient (Wildman–Crippen LogP) is 2.37. The average Bonchev–Trinajstić information content (AvgIpc) is 2.94. The van der Waals surface area contributed by atoms with Gasteiger partial charge in [0.15, 0.2) is 0 Å². The maximum Gasteiger partial charge on any atom is 0.252 e. The number of hydrogen-bond donors (Lipinski definition) is 1. The van der Waals surface area contributed by atoms with Gasteiger partial charge in [-0.25, -0.2) is 8.42 Å². The largest absolute Gasteiger partial charge is 0.353 e. The number of sulfonamides is 1. The summed E-state index contributed by atoms with van der Waals surface area (Å²) in [5, 5.41) is 2.98. The van der Waals surface area contributed by atoms with Gasteiger partial charge in [0, 0.05) is 29.9 Å². The highest BCUT2D eigenvalue weighted by atomic mass is 32.2. The maximum atomic E-state index is 12.5. The van der Waals surface area contributed by atoms with Crippen LogP contribution < -0.4 is 5.32 Å². The second-order valence-corrected chi connectivity index (χ2v) is 9.31. The van der Waals surface area contributed by atoms with E-state index in [4.69, 9.17) is 0 Å². The minimum absolute atomic E-state index is 0.0540. The van der Waals surface area contributed by atoms with E-state index in [1.54, 1.807) is 6.07 Å². The van der Waals surface area contributed by atoms with Crippen molar-refractivity contribution in [2.24, 2.45) is 5.92 Å². The van der Waals surface area contributed by atoms with Gasteiger partial charge in [-0.05, 0) is 45.2 Å². The van der Waals surface area contributed by atoms with Crippen molar-refractivity contribution < 1.29 is 13.2 Å². The van der Waals surface area contributed by atoms with E-state index in [2.05, 4.69) is 5.32 Å². The van der Waals surface area contributed by atoms with Gasteiger partial charge in [0.1, 0.15) is 4.21 Å². The second kappa shape index (κ2) is 7.10. The quantitative estimate of drug-likeness (QED) is 0.892. The van der Waals surface area contributed by atoms with Crippen molar-refractivity contribution in [2.75, 3.05) is 13.1 Å². The van der Waals surface area contributed by atoms with Gasteiger partial charge in [-0.2, -0.15) is 4.31 Å². The summed E-state index contributed by atoms with van der Waals surface area (Å²) >= 11 is 1.30. The van der Waals surface area contributed by atoms with Crippen LogP contribution in [-0.4, -0.2) is 37.8 Å². The van der Waals surface area contributed by atoms with Crippen molar-refractivity contribution in [3.05, 3.63) is 17.0 Å². The van der Waals surface area contributed by atoms with Gasteiger partial charge in [-0.1, -0.05) is 6.92 Å². The molecule has 0 radical (unpaired) electrons. The number of aryl methyl sites for hydroxylation is 1. The van der Waals surface area contributed by atoms with Crippen molar-refractivity contribution in [3.8, 4) is 0 Å². The zero-order valence-corrected chi connectivity index (χ0v) is 15.0. The number of rotatable bonds is 5. The van der Waals surface area contributed by atoms with Crippen LogP contribution in [-0.2, 0) is 14.8 Å². The number of nitrogens with one attached hydrogen (secondary N) is 1. The Balaban J connectivity index is 1.96. The van der Waals surface area contributed by atoms with Gasteiger partial charge >= 0.3 is 0 Å². The molecular formula is C15H24N2O3S2. The Labute approximate surface area is 136 Å². The van der Waals surface area contributed by atoms with E-state index in [1.807, 2.05) is 26.8 Å². The van der Waals surface area contributed by atoms with Crippen LogP contribution >= 0.6 is 11.3 Å². The average molecular weight is 345 g/mol. The van der Waals surface area contributed by atoms with Crippen molar-refractivity contribution in [3.63, 3.8) is 0 Å². The zero-order valence-electron chi connectivity index (χ0n) is 13.3. The van der Waals surface area contributed by atoms with Crippen molar-refractivity contribution >= 4 is 27.3 Å². The smallest absolute Gasteiger partial charge is 0.252 e. The van der Waals surface area contributed by atoms with E-state index < -0.39 is 10.0 Å². The molecule has 2 rings (SSSR count). The first-order chi connectivity index (χ1) is 10.3. The molecule has 2 heterocycles. The molecule has 1 aliphatic rings. The molecule has 1 N–H and O–H groups in total. The zero-order chi connectivity index (χ0) is 16.3. The van der Waals surface area contributed by atoms with E-state index in [0.717, 1.165) is 11.3 Å². The number of carbonyl (C=O) groups excluding carboxylic acids is 1. The first-order valence-electron chi connectivity index (χ1n) is 7.71. The third-order valence-corrected chi connectivity index (χ3v) is 7.50. The second-order valence-electron chi connectivity index (χ2n) is 5.86. The van der Waals surface area contributed by atoms with Crippen LogP contribution in [0.3, 0.4) is 0 Å². The molecule has 0 bridgehead atoms. The highest BCUT2D eigenvalue weighted by Crippen LogP contribution is 2.28. The number of hydrogen-bond acceptors (Lipinski definition) is 4. The van der Waals surface area contributed by atoms with E-state index in [1.165, 1.54) is 15.6 Å². The summed E-state index contributed by atoms with van der Waals surface area (Å²) in [6.07, 6.45) is 2.08. The molecule has 1 aromatic rings. The molecule has 1 unspecified atom stereocenters. The van der Waals surface area contributed by atoms with E-state index in [0.29, 0.717) is 30.1 Å². The molecule has 22 heavy (non-hydrogen) atoms. The van der Waals surface area contributed by atoms with E-state index >= 15 is 0 Å². The number of nitrogens with zero attached hydrogens (tertiary/aromatic N) is 1. The molecule has 1 atom stereocenters. The van der Waals surface area contributed by atoms with Gasteiger partial charge in [-0.15, -0.1) is 11.3 Å². The summed E-state index contributed by atoms with van der Waals surface area (Å²) in [7, 11) is -3.40. The number of piperidine rings is 1. The lowest BCUT2D eigenvalue weighted by molar-refractivity contribution is -0.126. The fourth-order valence-corrected chi connectivity index (χ4v) is 5.41. The summed E-state index contributed by atoms with van der Waals surface area (Å²) in [4.78, 5) is 13.1. The first-order valence-corrected chi connectivity index (χ1v) is 9.97. The third-order valence-electron chi connectivity index (χ3n) is 4.14. The number of amides is 1. The summed E-state index contributed by atoms with van der Waals surface area (Å²) in [6, 6.07) is 3.66. The van der Waals surface area contributed by atoms with Gasteiger partial charge < -0.3 is 5.32 Å². The molecule has 1 fully saturated rings. The Morgan fingerprint density at radius 3 is 2.55 bits per heavy atom. The molecule has 0 aromatic carbocycles. The van der Waals surface area contributed by atoms with Gasteiger partial charge in [0.25, 0.3) is 10.0 Å². The molecule has 1 aromatic heterocycles. The Morgan fingerprint density at radius 1 is 1.41 bits per heavy atom. The number of thiophene rings is 1. The van der Waals surface area contributed by atoms with Crippen LogP contribution in [0.2, 0.25) is 0 Å². The van der Waals surface area contributed by atoms with Gasteiger partial charge in [0.05, 0.1) is 0 Å². The normalized spacial score (nSPS) is 19.0. The minimum Gasteiger partial charge on any atom is -0.353 e. The third kappa shape index (κ3) is 3.88. The Kier molecular flexibility index (Phi) is 5.63. The molecule has 0 spiro atoms. The number of carbonyl (C=O) groups is 1. The monoisotopic (exact) mass is 344 g/mol.